The van der Waals surface area contributed by atoms with Crippen molar-refractivity contribution in [1.29, 1.82) is 0 Å². The molecule has 1 rings (SSSR count). The second-order valence-electron chi connectivity index (χ2n) is 4.03. The van der Waals surface area contributed by atoms with Crippen LogP contribution in [0.25, 0.3) is 0 Å². The van der Waals surface area contributed by atoms with Crippen LogP contribution in [0.5, 0.6) is 5.75 Å². The molecule has 1 atom stereocenters. The van der Waals surface area contributed by atoms with Crippen molar-refractivity contribution >= 4 is 0 Å². The summed E-state index contributed by atoms with van der Waals surface area (Å²) in [4.78, 5) is 16.8. The quantitative estimate of drug-likeness (QED) is 0.298. The van der Waals surface area contributed by atoms with Crippen molar-refractivity contribution in [2.45, 2.75) is 32.4 Å². The Labute approximate surface area is 111 Å². The summed E-state index contributed by atoms with van der Waals surface area (Å²) in [7, 11) is 0. The van der Waals surface area contributed by atoms with Crippen LogP contribution in [0.4, 0.5) is 0 Å². The summed E-state index contributed by atoms with van der Waals surface area (Å²) >= 11 is 0. The molecule has 0 aliphatic rings. The summed E-state index contributed by atoms with van der Waals surface area (Å²) in [5.41, 5.74) is -0.536. The van der Waals surface area contributed by atoms with Crippen molar-refractivity contribution in [2.24, 2.45) is 0 Å². The van der Waals surface area contributed by atoms with E-state index in [4.69, 9.17) is 9.25 Å². The molecule has 0 saturated carbocycles. The van der Waals surface area contributed by atoms with Gasteiger partial charge in [-0.25, -0.2) is 4.79 Å². The molecule has 6 heteroatoms. The maximum Gasteiger partial charge on any atom is 0.347 e. The van der Waals surface area contributed by atoms with Gasteiger partial charge < -0.3 is 14.6 Å². The Balaban J connectivity index is 3.17. The minimum atomic E-state index is -1.82. The highest BCUT2D eigenvalue weighted by Gasteiger charge is 2.34. The fourth-order valence-electron chi connectivity index (χ4n) is 1.60. The first-order valence-electron chi connectivity index (χ1n) is 6.07. The number of nitrogens with one attached hydrogen (secondary N) is 1. The van der Waals surface area contributed by atoms with Crippen LogP contribution in [0, 0.1) is 0 Å². The lowest BCUT2D eigenvalue weighted by Gasteiger charge is -2.27. The SMILES string of the molecule is C=CCONC(O)(CC)c1c(O)cc(CC)oc1=O. The maximum absolute atomic E-state index is 11.9. The average Bonchev–Trinajstić information content (AvgIpc) is 2.38. The Morgan fingerprint density at radius 2 is 2.26 bits per heavy atom. The molecule has 0 amide bonds. The van der Waals surface area contributed by atoms with Crippen molar-refractivity contribution < 1.29 is 19.5 Å². The first-order chi connectivity index (χ1) is 8.98. The number of aliphatic hydroxyl groups is 1. The van der Waals surface area contributed by atoms with Gasteiger partial charge in [-0.2, -0.15) is 5.48 Å². The van der Waals surface area contributed by atoms with E-state index in [0.29, 0.717) is 12.2 Å². The molecule has 0 aliphatic heterocycles. The van der Waals surface area contributed by atoms with Gasteiger partial charge in [-0.15, -0.1) is 6.58 Å². The first kappa shape index (κ1) is 15.4. The van der Waals surface area contributed by atoms with E-state index < -0.39 is 11.4 Å². The van der Waals surface area contributed by atoms with Crippen LogP contribution in [0.3, 0.4) is 0 Å². The third-order valence-electron chi connectivity index (χ3n) is 2.70. The Hall–Kier alpha value is -1.63. The lowest BCUT2D eigenvalue weighted by Crippen LogP contribution is -2.45. The molecule has 0 bridgehead atoms. The molecule has 0 fully saturated rings. The van der Waals surface area contributed by atoms with Gasteiger partial charge in [-0.1, -0.05) is 19.9 Å². The van der Waals surface area contributed by atoms with Gasteiger partial charge in [0.15, 0.2) is 5.72 Å². The van der Waals surface area contributed by atoms with E-state index in [9.17, 15) is 15.0 Å². The predicted octanol–water partition coefficient (Wildman–Crippen LogP) is 1.17. The van der Waals surface area contributed by atoms with Crippen LogP contribution < -0.4 is 11.1 Å². The van der Waals surface area contributed by atoms with Crippen molar-refractivity contribution in [3.8, 4) is 5.75 Å². The number of hydroxylamine groups is 1. The van der Waals surface area contributed by atoms with Crippen molar-refractivity contribution in [3.63, 3.8) is 0 Å². The molecule has 19 heavy (non-hydrogen) atoms. The van der Waals surface area contributed by atoms with Crippen LogP contribution in [0.2, 0.25) is 0 Å². The van der Waals surface area contributed by atoms with Gasteiger partial charge in [-0.05, 0) is 6.42 Å². The summed E-state index contributed by atoms with van der Waals surface area (Å²) in [5.74, 6) is 0.0175. The predicted molar refractivity (Wildman–Crippen MR) is 69.5 cm³/mol. The Morgan fingerprint density at radius 1 is 1.58 bits per heavy atom. The van der Waals surface area contributed by atoms with Gasteiger partial charge in [0, 0.05) is 12.5 Å². The standard InChI is InChI=1S/C13H19NO5/c1-4-7-18-14-13(17,6-3)11-10(15)8-9(5-2)19-12(11)16/h4,8,14-15,17H,1,5-7H2,2-3H3. The zero-order valence-electron chi connectivity index (χ0n) is 11.1. The highest BCUT2D eigenvalue weighted by atomic mass is 16.7. The summed E-state index contributed by atoms with van der Waals surface area (Å²) in [6, 6.07) is 1.31. The molecule has 1 aromatic heterocycles. The van der Waals surface area contributed by atoms with Crippen molar-refractivity contribution in [2.75, 3.05) is 6.61 Å². The molecule has 3 N–H and O–H groups in total. The molecule has 0 radical (unpaired) electrons. The smallest absolute Gasteiger partial charge is 0.347 e. The summed E-state index contributed by atoms with van der Waals surface area (Å²) in [6.45, 7) is 7.02. The van der Waals surface area contributed by atoms with E-state index in [-0.39, 0.29) is 24.3 Å². The van der Waals surface area contributed by atoms with Crippen molar-refractivity contribution in [1.82, 2.24) is 5.48 Å². The van der Waals surface area contributed by atoms with Crippen LogP contribution in [-0.4, -0.2) is 16.8 Å². The molecule has 0 aromatic carbocycles. The van der Waals surface area contributed by atoms with E-state index in [0.717, 1.165) is 0 Å². The Bertz CT molecular complexity index is 496. The summed E-state index contributed by atoms with van der Waals surface area (Å²) < 4.78 is 5.00. The monoisotopic (exact) mass is 269 g/mol. The lowest BCUT2D eigenvalue weighted by molar-refractivity contribution is -0.133. The van der Waals surface area contributed by atoms with Gasteiger partial charge in [0.1, 0.15) is 17.1 Å². The van der Waals surface area contributed by atoms with E-state index >= 15 is 0 Å². The second kappa shape index (κ2) is 6.51. The molecule has 106 valence electrons. The molecule has 1 heterocycles. The molecule has 6 nitrogen and oxygen atoms in total. The van der Waals surface area contributed by atoms with E-state index in [1.54, 1.807) is 13.8 Å². The Morgan fingerprint density at radius 3 is 2.74 bits per heavy atom. The summed E-state index contributed by atoms with van der Waals surface area (Å²) in [5, 5.41) is 20.2. The van der Waals surface area contributed by atoms with Crippen molar-refractivity contribution in [3.05, 3.63) is 40.5 Å². The van der Waals surface area contributed by atoms with E-state index in [1.165, 1.54) is 12.1 Å². The second-order valence-corrected chi connectivity index (χ2v) is 4.03. The van der Waals surface area contributed by atoms with E-state index in [2.05, 4.69) is 12.1 Å². The third kappa shape index (κ3) is 3.44. The van der Waals surface area contributed by atoms with Gasteiger partial charge in [-0.3, -0.25) is 4.84 Å². The largest absolute Gasteiger partial charge is 0.507 e. The minimum Gasteiger partial charge on any atom is -0.507 e. The number of hydrogen-bond acceptors (Lipinski definition) is 6. The zero-order valence-corrected chi connectivity index (χ0v) is 11.1. The summed E-state index contributed by atoms with van der Waals surface area (Å²) in [6.07, 6.45) is 2.05. The molecule has 0 spiro atoms. The highest BCUT2D eigenvalue weighted by molar-refractivity contribution is 5.34. The topological polar surface area (TPSA) is 91.9 Å². The molecule has 0 saturated heterocycles. The highest BCUT2D eigenvalue weighted by Crippen LogP contribution is 2.27. The van der Waals surface area contributed by atoms with E-state index in [1.807, 2.05) is 0 Å². The van der Waals surface area contributed by atoms with Crippen LogP contribution in [-0.2, 0) is 17.0 Å². The van der Waals surface area contributed by atoms with Crippen LogP contribution in [0.1, 0.15) is 31.6 Å². The molecule has 0 aliphatic carbocycles. The van der Waals surface area contributed by atoms with Gasteiger partial charge >= 0.3 is 5.63 Å². The molecule has 1 aromatic rings. The van der Waals surface area contributed by atoms with Crippen LogP contribution >= 0.6 is 0 Å². The zero-order chi connectivity index (χ0) is 14.5. The Kier molecular flexibility index (Phi) is 5.29. The van der Waals surface area contributed by atoms with Gasteiger partial charge in [0.2, 0.25) is 0 Å². The average molecular weight is 269 g/mol. The minimum absolute atomic E-state index is 0.105. The fraction of sp³-hybridized carbons (Fsp3) is 0.462. The molecular formula is C13H19NO5. The van der Waals surface area contributed by atoms with Gasteiger partial charge in [0.05, 0.1) is 6.61 Å². The fourth-order valence-corrected chi connectivity index (χ4v) is 1.60. The van der Waals surface area contributed by atoms with Crippen LogP contribution in [0.15, 0.2) is 27.9 Å². The molecular weight excluding hydrogens is 250 g/mol. The third-order valence-corrected chi connectivity index (χ3v) is 2.70. The first-order valence-corrected chi connectivity index (χ1v) is 6.07. The number of aryl methyl sites for hydroxylation is 1. The lowest BCUT2D eigenvalue weighted by atomic mass is 10.0. The van der Waals surface area contributed by atoms with Gasteiger partial charge in [0.25, 0.3) is 0 Å². The number of rotatable bonds is 7. The number of aromatic hydroxyl groups is 1. The normalized spacial score (nSPS) is 14.1. The molecule has 1 unspecified atom stereocenters. The maximum atomic E-state index is 11.9. The number of hydrogen-bond donors (Lipinski definition) is 3.